The summed E-state index contributed by atoms with van der Waals surface area (Å²) in [5, 5.41) is 8.70. The van der Waals surface area contributed by atoms with Crippen molar-refractivity contribution in [1.29, 1.82) is 0 Å². The molecule has 1 aliphatic carbocycles. The smallest absolute Gasteiger partial charge is 0.258 e. The van der Waals surface area contributed by atoms with Crippen molar-refractivity contribution < 1.29 is 14.8 Å². The summed E-state index contributed by atoms with van der Waals surface area (Å²) in [4.78, 5) is 25.8. The van der Waals surface area contributed by atoms with Crippen LogP contribution in [0.5, 0.6) is 0 Å². The summed E-state index contributed by atoms with van der Waals surface area (Å²) in [7, 11) is 0. The molecule has 1 aromatic carbocycles. The molecule has 118 valence electrons. The van der Waals surface area contributed by atoms with Crippen LogP contribution in [-0.4, -0.2) is 23.6 Å². The van der Waals surface area contributed by atoms with Gasteiger partial charge in [-0.25, -0.2) is 5.48 Å². The number of benzene rings is 1. The van der Waals surface area contributed by atoms with Crippen molar-refractivity contribution in [1.82, 2.24) is 5.48 Å². The molecule has 1 aromatic rings. The predicted molar refractivity (Wildman–Crippen MR) is 87.1 cm³/mol. The third kappa shape index (κ3) is 2.83. The highest BCUT2D eigenvalue weighted by atomic mass is 16.5. The lowest BCUT2D eigenvalue weighted by Crippen LogP contribution is -2.25. The number of hydrogen-bond donors (Lipinski definition) is 2. The van der Waals surface area contributed by atoms with E-state index in [0.717, 1.165) is 28.8 Å². The first-order chi connectivity index (χ1) is 11.1. The number of anilines is 1. The number of nitrogens with one attached hydrogen (secondary N) is 1. The molecule has 1 saturated heterocycles. The van der Waals surface area contributed by atoms with Gasteiger partial charge < -0.3 is 4.90 Å². The maximum atomic E-state index is 12.6. The van der Waals surface area contributed by atoms with Gasteiger partial charge in [0.15, 0.2) is 0 Å². The lowest BCUT2D eigenvalue weighted by atomic mass is 10.0. The second-order valence-corrected chi connectivity index (χ2v) is 5.65. The van der Waals surface area contributed by atoms with E-state index < -0.39 is 11.8 Å². The van der Waals surface area contributed by atoms with E-state index in [4.69, 9.17) is 5.21 Å². The van der Waals surface area contributed by atoms with E-state index >= 15 is 0 Å². The van der Waals surface area contributed by atoms with Crippen LogP contribution in [-0.2, 0) is 9.59 Å². The average Bonchev–Trinajstić information content (AvgIpc) is 2.76. The van der Waals surface area contributed by atoms with Crippen molar-refractivity contribution in [3.63, 3.8) is 0 Å². The van der Waals surface area contributed by atoms with Gasteiger partial charge in [0.25, 0.3) is 11.8 Å². The van der Waals surface area contributed by atoms with Crippen LogP contribution in [0.3, 0.4) is 0 Å². The van der Waals surface area contributed by atoms with Crippen molar-refractivity contribution in [2.24, 2.45) is 0 Å². The topological polar surface area (TPSA) is 69.6 Å². The van der Waals surface area contributed by atoms with Crippen LogP contribution in [0.4, 0.5) is 5.69 Å². The van der Waals surface area contributed by atoms with Crippen LogP contribution < -0.4 is 10.4 Å². The molecule has 0 radical (unpaired) electrons. The van der Waals surface area contributed by atoms with Gasteiger partial charge in [0.05, 0.1) is 12.5 Å². The molecule has 0 spiro atoms. The highest BCUT2D eigenvalue weighted by Crippen LogP contribution is 2.31. The number of carbonyl (C=O) groups is 2. The highest BCUT2D eigenvalue weighted by Gasteiger charge is 2.31. The Bertz CT molecular complexity index is 729. The number of hydrogen-bond acceptors (Lipinski definition) is 3. The van der Waals surface area contributed by atoms with E-state index in [1.54, 1.807) is 29.4 Å². The number of hydroxylamine groups is 1. The summed E-state index contributed by atoms with van der Waals surface area (Å²) >= 11 is 0. The average molecular weight is 310 g/mol. The van der Waals surface area contributed by atoms with Gasteiger partial charge >= 0.3 is 0 Å². The number of fused-ring (bicyclic) bond motifs is 1. The van der Waals surface area contributed by atoms with Gasteiger partial charge in [-0.2, -0.15) is 0 Å². The van der Waals surface area contributed by atoms with Gasteiger partial charge in [-0.15, -0.1) is 0 Å². The molecular formula is C18H18N2O3. The Kier molecular flexibility index (Phi) is 4.12. The van der Waals surface area contributed by atoms with E-state index in [9.17, 15) is 9.59 Å². The first kappa shape index (κ1) is 15.2. The maximum Gasteiger partial charge on any atom is 0.258 e. The second kappa shape index (κ2) is 6.22. The molecule has 3 rings (SSSR count). The second-order valence-electron chi connectivity index (χ2n) is 5.65. The Hall–Kier alpha value is -2.66. The lowest BCUT2D eigenvalue weighted by Gasteiger charge is -2.17. The first-order valence-electron chi connectivity index (χ1n) is 7.54. The van der Waals surface area contributed by atoms with Gasteiger partial charge in [-0.05, 0) is 36.6 Å². The van der Waals surface area contributed by atoms with Crippen molar-refractivity contribution in [3.05, 3.63) is 65.3 Å². The molecule has 0 aromatic heterocycles. The molecule has 2 aliphatic rings. The zero-order valence-corrected chi connectivity index (χ0v) is 12.8. The van der Waals surface area contributed by atoms with Gasteiger partial charge in [-0.3, -0.25) is 14.8 Å². The highest BCUT2D eigenvalue weighted by molar-refractivity contribution is 6.12. The van der Waals surface area contributed by atoms with E-state index in [0.29, 0.717) is 6.54 Å². The molecule has 2 N–H and O–H groups in total. The first-order valence-corrected chi connectivity index (χ1v) is 7.54. The van der Waals surface area contributed by atoms with Gasteiger partial charge in [0.1, 0.15) is 0 Å². The third-order valence-corrected chi connectivity index (χ3v) is 4.25. The zero-order chi connectivity index (χ0) is 16.4. The molecule has 1 aliphatic heterocycles. The Morgan fingerprint density at radius 1 is 1.30 bits per heavy atom. The SMILES string of the molecule is CC(C(=O)NO)c1ccc(N2CC3=CC=CCC=C3C2=O)cc1. The molecular weight excluding hydrogens is 292 g/mol. The zero-order valence-electron chi connectivity index (χ0n) is 12.8. The van der Waals surface area contributed by atoms with Crippen molar-refractivity contribution in [2.45, 2.75) is 19.3 Å². The Morgan fingerprint density at radius 2 is 2.04 bits per heavy atom. The Morgan fingerprint density at radius 3 is 2.74 bits per heavy atom. The maximum absolute atomic E-state index is 12.6. The molecule has 2 amide bonds. The monoisotopic (exact) mass is 310 g/mol. The third-order valence-electron chi connectivity index (χ3n) is 4.25. The van der Waals surface area contributed by atoms with Crippen molar-refractivity contribution in [2.75, 3.05) is 11.4 Å². The molecule has 1 heterocycles. The summed E-state index contributed by atoms with van der Waals surface area (Å²) in [6.07, 6.45) is 8.71. The summed E-state index contributed by atoms with van der Waals surface area (Å²) in [6.45, 7) is 2.27. The van der Waals surface area contributed by atoms with E-state index in [1.165, 1.54) is 0 Å². The fourth-order valence-corrected chi connectivity index (χ4v) is 2.82. The molecule has 0 saturated carbocycles. The normalized spacial score (nSPS) is 18.0. The number of carbonyl (C=O) groups excluding carboxylic acids is 2. The predicted octanol–water partition coefficient (Wildman–Crippen LogP) is 2.45. The van der Waals surface area contributed by atoms with Crippen LogP contribution in [0.25, 0.3) is 0 Å². The molecule has 5 nitrogen and oxygen atoms in total. The van der Waals surface area contributed by atoms with Crippen LogP contribution in [0, 0.1) is 0 Å². The Labute approximate surface area is 134 Å². The van der Waals surface area contributed by atoms with Crippen LogP contribution >= 0.6 is 0 Å². The largest absolute Gasteiger partial charge is 0.304 e. The van der Waals surface area contributed by atoms with Gasteiger partial charge in [0.2, 0.25) is 0 Å². The summed E-state index contributed by atoms with van der Waals surface area (Å²) in [5.41, 5.74) is 5.03. The molecule has 0 bridgehead atoms. The van der Waals surface area contributed by atoms with Crippen molar-refractivity contribution >= 4 is 17.5 Å². The summed E-state index contributed by atoms with van der Waals surface area (Å²) in [5.74, 6) is -0.904. The minimum Gasteiger partial charge on any atom is -0.304 e. The Balaban J connectivity index is 1.83. The molecule has 5 heteroatoms. The number of nitrogens with zero attached hydrogens (tertiary/aromatic N) is 1. The minimum absolute atomic E-state index is 0.00819. The van der Waals surface area contributed by atoms with Crippen molar-refractivity contribution in [3.8, 4) is 0 Å². The van der Waals surface area contributed by atoms with Gasteiger partial charge in [-0.1, -0.05) is 36.4 Å². The van der Waals surface area contributed by atoms with Crippen LogP contribution in [0.15, 0.2) is 59.7 Å². The minimum atomic E-state index is -0.459. The molecule has 1 atom stereocenters. The fourth-order valence-electron chi connectivity index (χ4n) is 2.82. The standard InChI is InChI=1S/C18H18N2O3/c1-12(17(21)19-23)13-7-9-15(10-8-13)20-11-14-5-3-2-4-6-16(14)18(20)22/h2-3,5-10,12,23H,4,11H2,1H3,(H,19,21). The molecule has 1 unspecified atom stereocenters. The van der Waals surface area contributed by atoms with Crippen LogP contribution in [0.2, 0.25) is 0 Å². The number of amides is 2. The van der Waals surface area contributed by atoms with Crippen LogP contribution in [0.1, 0.15) is 24.8 Å². The fraction of sp³-hybridized carbons (Fsp3) is 0.222. The van der Waals surface area contributed by atoms with E-state index in [2.05, 4.69) is 0 Å². The number of rotatable bonds is 3. The van der Waals surface area contributed by atoms with Gasteiger partial charge in [0, 0.05) is 11.3 Å². The molecule has 23 heavy (non-hydrogen) atoms. The summed E-state index contributed by atoms with van der Waals surface area (Å²) < 4.78 is 0. The van der Waals surface area contributed by atoms with E-state index in [1.807, 2.05) is 36.4 Å². The quantitative estimate of drug-likeness (QED) is 0.665. The number of allylic oxidation sites excluding steroid dienone is 4. The molecule has 1 fully saturated rings. The summed E-state index contributed by atoms with van der Waals surface area (Å²) in [6, 6.07) is 7.27. The van der Waals surface area contributed by atoms with E-state index in [-0.39, 0.29) is 5.91 Å². The lowest BCUT2D eigenvalue weighted by molar-refractivity contribution is -0.130.